The third-order valence-electron chi connectivity index (χ3n) is 2.33. The van der Waals surface area contributed by atoms with Gasteiger partial charge in [-0.25, -0.2) is 10.8 Å². The molecule has 4 N–H and O–H groups in total. The summed E-state index contributed by atoms with van der Waals surface area (Å²) >= 11 is 0. The van der Waals surface area contributed by atoms with E-state index in [1.165, 1.54) is 6.20 Å². The monoisotopic (exact) mass is 243 g/mol. The second-order valence-electron chi connectivity index (χ2n) is 3.58. The number of nitrogens with one attached hydrogen (secondary N) is 2. The fourth-order valence-corrected chi connectivity index (χ4v) is 1.43. The van der Waals surface area contributed by atoms with E-state index in [9.17, 15) is 4.79 Å². The van der Waals surface area contributed by atoms with Gasteiger partial charge in [0.2, 0.25) is 0 Å². The van der Waals surface area contributed by atoms with Gasteiger partial charge in [-0.3, -0.25) is 9.78 Å². The molecular formula is C12H13N5O. The van der Waals surface area contributed by atoms with Crippen LogP contribution in [-0.2, 0) is 6.54 Å². The van der Waals surface area contributed by atoms with Gasteiger partial charge in [-0.2, -0.15) is 0 Å². The average Bonchev–Trinajstić information content (AvgIpc) is 2.46. The van der Waals surface area contributed by atoms with Crippen LogP contribution in [0.3, 0.4) is 0 Å². The lowest BCUT2D eigenvalue weighted by Gasteiger charge is -2.05. The third kappa shape index (κ3) is 3.02. The molecule has 2 heterocycles. The van der Waals surface area contributed by atoms with Crippen LogP contribution < -0.4 is 16.6 Å². The summed E-state index contributed by atoms with van der Waals surface area (Å²) in [4.78, 5) is 19.9. The SMILES string of the molecule is NNc1cc(C(=O)NCc2ccccn2)ccn1. The Morgan fingerprint density at radius 3 is 2.83 bits per heavy atom. The molecule has 2 aromatic rings. The Balaban J connectivity index is 1.99. The molecule has 18 heavy (non-hydrogen) atoms. The number of carbonyl (C=O) groups is 1. The van der Waals surface area contributed by atoms with Crippen LogP contribution in [0.2, 0.25) is 0 Å². The van der Waals surface area contributed by atoms with E-state index in [0.717, 1.165) is 5.69 Å². The normalized spacial score (nSPS) is 9.83. The summed E-state index contributed by atoms with van der Waals surface area (Å²) in [5.41, 5.74) is 3.69. The van der Waals surface area contributed by atoms with Crippen molar-refractivity contribution < 1.29 is 4.79 Å². The van der Waals surface area contributed by atoms with Crippen molar-refractivity contribution in [3.63, 3.8) is 0 Å². The van der Waals surface area contributed by atoms with Gasteiger partial charge < -0.3 is 10.7 Å². The number of carbonyl (C=O) groups excluding carboxylic acids is 1. The van der Waals surface area contributed by atoms with Crippen molar-refractivity contribution in [3.05, 3.63) is 54.0 Å². The highest BCUT2D eigenvalue weighted by Gasteiger charge is 2.06. The van der Waals surface area contributed by atoms with Crippen LogP contribution in [0.1, 0.15) is 16.1 Å². The van der Waals surface area contributed by atoms with Gasteiger partial charge in [0.05, 0.1) is 12.2 Å². The van der Waals surface area contributed by atoms with Crippen LogP contribution in [0.15, 0.2) is 42.7 Å². The van der Waals surface area contributed by atoms with E-state index >= 15 is 0 Å². The molecular weight excluding hydrogens is 230 g/mol. The van der Waals surface area contributed by atoms with Crippen LogP contribution >= 0.6 is 0 Å². The zero-order valence-corrected chi connectivity index (χ0v) is 9.63. The number of nitrogen functional groups attached to an aromatic ring is 1. The number of hydrogen-bond donors (Lipinski definition) is 3. The Kier molecular flexibility index (Phi) is 3.83. The highest BCUT2D eigenvalue weighted by Crippen LogP contribution is 2.05. The maximum Gasteiger partial charge on any atom is 0.251 e. The van der Waals surface area contributed by atoms with E-state index in [1.54, 1.807) is 18.3 Å². The molecule has 2 aromatic heterocycles. The van der Waals surface area contributed by atoms with Crippen molar-refractivity contribution in [2.24, 2.45) is 5.84 Å². The minimum Gasteiger partial charge on any atom is -0.346 e. The minimum absolute atomic E-state index is 0.195. The smallest absolute Gasteiger partial charge is 0.251 e. The molecule has 0 fully saturated rings. The zero-order chi connectivity index (χ0) is 12.8. The molecule has 0 aliphatic carbocycles. The molecule has 0 bridgehead atoms. The molecule has 0 atom stereocenters. The molecule has 0 aliphatic heterocycles. The second kappa shape index (κ2) is 5.74. The van der Waals surface area contributed by atoms with E-state index in [-0.39, 0.29) is 5.91 Å². The number of nitrogens with zero attached hydrogens (tertiary/aromatic N) is 2. The Hall–Kier alpha value is -2.47. The molecule has 0 aromatic carbocycles. The maximum atomic E-state index is 11.9. The van der Waals surface area contributed by atoms with Gasteiger partial charge in [0.1, 0.15) is 5.82 Å². The van der Waals surface area contributed by atoms with E-state index in [1.807, 2.05) is 18.2 Å². The topological polar surface area (TPSA) is 92.9 Å². The molecule has 92 valence electrons. The summed E-state index contributed by atoms with van der Waals surface area (Å²) in [7, 11) is 0. The zero-order valence-electron chi connectivity index (χ0n) is 9.63. The number of nitrogens with two attached hydrogens (primary N) is 1. The Morgan fingerprint density at radius 2 is 2.11 bits per heavy atom. The number of amides is 1. The summed E-state index contributed by atoms with van der Waals surface area (Å²) in [6.07, 6.45) is 3.20. The molecule has 0 saturated carbocycles. The molecule has 0 radical (unpaired) electrons. The first kappa shape index (κ1) is 12.0. The molecule has 0 saturated heterocycles. The van der Waals surface area contributed by atoms with Crippen LogP contribution in [0.25, 0.3) is 0 Å². The van der Waals surface area contributed by atoms with Gasteiger partial charge in [-0.15, -0.1) is 0 Å². The highest BCUT2D eigenvalue weighted by atomic mass is 16.1. The van der Waals surface area contributed by atoms with E-state index in [2.05, 4.69) is 20.7 Å². The number of hydrogen-bond acceptors (Lipinski definition) is 5. The molecule has 0 spiro atoms. The van der Waals surface area contributed by atoms with Gasteiger partial charge >= 0.3 is 0 Å². The number of aromatic nitrogens is 2. The number of rotatable bonds is 4. The van der Waals surface area contributed by atoms with Crippen molar-refractivity contribution in [1.82, 2.24) is 15.3 Å². The van der Waals surface area contributed by atoms with Gasteiger partial charge in [0.15, 0.2) is 0 Å². The fraction of sp³-hybridized carbons (Fsp3) is 0.0833. The summed E-state index contributed by atoms with van der Waals surface area (Å²) in [5, 5.41) is 2.77. The molecule has 6 heteroatoms. The Labute approximate surface area is 104 Å². The van der Waals surface area contributed by atoms with Crippen molar-refractivity contribution in [3.8, 4) is 0 Å². The lowest BCUT2D eigenvalue weighted by Crippen LogP contribution is -2.23. The first-order valence-corrected chi connectivity index (χ1v) is 5.40. The van der Waals surface area contributed by atoms with Gasteiger partial charge in [-0.1, -0.05) is 6.07 Å². The van der Waals surface area contributed by atoms with Crippen LogP contribution in [0.5, 0.6) is 0 Å². The summed E-state index contributed by atoms with van der Waals surface area (Å²) in [6, 6.07) is 8.74. The number of pyridine rings is 2. The predicted molar refractivity (Wildman–Crippen MR) is 67.5 cm³/mol. The quantitative estimate of drug-likeness (QED) is 0.542. The molecule has 2 rings (SSSR count). The van der Waals surface area contributed by atoms with E-state index in [0.29, 0.717) is 17.9 Å². The largest absolute Gasteiger partial charge is 0.346 e. The fourth-order valence-electron chi connectivity index (χ4n) is 1.43. The molecule has 6 nitrogen and oxygen atoms in total. The molecule has 0 aliphatic rings. The number of hydrazine groups is 1. The van der Waals surface area contributed by atoms with E-state index in [4.69, 9.17) is 5.84 Å². The predicted octanol–water partition coefficient (Wildman–Crippen LogP) is 0.692. The van der Waals surface area contributed by atoms with Crippen molar-refractivity contribution in [2.45, 2.75) is 6.54 Å². The van der Waals surface area contributed by atoms with Crippen molar-refractivity contribution in [1.29, 1.82) is 0 Å². The number of anilines is 1. The maximum absolute atomic E-state index is 11.9. The summed E-state index contributed by atoms with van der Waals surface area (Å²) < 4.78 is 0. The van der Waals surface area contributed by atoms with Gasteiger partial charge in [0, 0.05) is 18.0 Å². The lowest BCUT2D eigenvalue weighted by molar-refractivity contribution is 0.0950. The van der Waals surface area contributed by atoms with Crippen LogP contribution in [0, 0.1) is 0 Å². The van der Waals surface area contributed by atoms with E-state index < -0.39 is 0 Å². The molecule has 1 amide bonds. The summed E-state index contributed by atoms with van der Waals surface area (Å²) in [6.45, 7) is 0.382. The third-order valence-corrected chi connectivity index (χ3v) is 2.33. The highest BCUT2D eigenvalue weighted by molar-refractivity contribution is 5.94. The van der Waals surface area contributed by atoms with Crippen LogP contribution in [0.4, 0.5) is 5.82 Å². The van der Waals surface area contributed by atoms with Gasteiger partial charge in [0.25, 0.3) is 5.91 Å². The van der Waals surface area contributed by atoms with Crippen molar-refractivity contribution in [2.75, 3.05) is 5.43 Å². The average molecular weight is 243 g/mol. The Morgan fingerprint density at radius 1 is 1.22 bits per heavy atom. The minimum atomic E-state index is -0.195. The standard InChI is InChI=1S/C12H13N5O/c13-17-11-7-9(4-6-15-11)12(18)16-8-10-3-1-2-5-14-10/h1-7H,8,13H2,(H,15,17)(H,16,18). The van der Waals surface area contributed by atoms with Gasteiger partial charge in [-0.05, 0) is 24.3 Å². The second-order valence-corrected chi connectivity index (χ2v) is 3.58. The first-order valence-electron chi connectivity index (χ1n) is 5.40. The van der Waals surface area contributed by atoms with Crippen molar-refractivity contribution >= 4 is 11.7 Å². The lowest BCUT2D eigenvalue weighted by atomic mass is 10.2. The van der Waals surface area contributed by atoms with Crippen LogP contribution in [-0.4, -0.2) is 15.9 Å². The first-order chi connectivity index (χ1) is 8.79. The Bertz CT molecular complexity index is 529. The molecule has 0 unspecified atom stereocenters. The summed E-state index contributed by atoms with van der Waals surface area (Å²) in [5.74, 6) is 5.48.